The maximum absolute atomic E-state index is 13.0. The van der Waals surface area contributed by atoms with E-state index in [1.54, 1.807) is 0 Å². The largest absolute Gasteiger partial charge is 0.321 e. The minimum absolute atomic E-state index is 0.370. The van der Waals surface area contributed by atoms with E-state index in [0.29, 0.717) is 5.56 Å². The van der Waals surface area contributed by atoms with Gasteiger partial charge in [-0.1, -0.05) is 11.6 Å². The summed E-state index contributed by atoms with van der Waals surface area (Å²) in [6.07, 6.45) is 6.32. The van der Waals surface area contributed by atoms with Crippen LogP contribution in [0.2, 0.25) is 0 Å². The molecule has 0 saturated heterocycles. The summed E-state index contributed by atoms with van der Waals surface area (Å²) in [5.41, 5.74) is 7.62. The van der Waals surface area contributed by atoms with Gasteiger partial charge in [0.15, 0.2) is 0 Å². The number of benzene rings is 1. The first-order chi connectivity index (χ1) is 7.66. The third kappa shape index (κ3) is 2.47. The molecular formula is C13H15F2N. The third-order valence-corrected chi connectivity index (χ3v) is 2.97. The standard InChI is InChI=1S/C13H15F2N/c14-11-6-10(7-12(15)8-11)13(16)9-4-2-1-3-5-9/h4,6-8,13H,1-3,5,16H2. The van der Waals surface area contributed by atoms with Gasteiger partial charge in [0.25, 0.3) is 0 Å². The molecule has 0 spiro atoms. The molecule has 0 aliphatic heterocycles. The smallest absolute Gasteiger partial charge is 0.126 e. The topological polar surface area (TPSA) is 26.0 Å². The van der Waals surface area contributed by atoms with E-state index in [4.69, 9.17) is 5.73 Å². The lowest BCUT2D eigenvalue weighted by molar-refractivity contribution is 0.573. The van der Waals surface area contributed by atoms with Gasteiger partial charge >= 0.3 is 0 Å². The third-order valence-electron chi connectivity index (χ3n) is 2.97. The lowest BCUT2D eigenvalue weighted by atomic mass is 9.90. The molecular weight excluding hydrogens is 208 g/mol. The Hall–Kier alpha value is -1.22. The van der Waals surface area contributed by atoms with Crippen LogP contribution in [0.4, 0.5) is 8.78 Å². The summed E-state index contributed by atoms with van der Waals surface area (Å²) in [4.78, 5) is 0. The van der Waals surface area contributed by atoms with Crippen LogP contribution in [0.15, 0.2) is 29.8 Å². The van der Waals surface area contributed by atoms with Crippen molar-refractivity contribution in [3.63, 3.8) is 0 Å². The first kappa shape index (κ1) is 11.3. The summed E-state index contributed by atoms with van der Waals surface area (Å²) in [7, 11) is 0. The van der Waals surface area contributed by atoms with Gasteiger partial charge in [-0.25, -0.2) is 8.78 Å². The molecule has 1 aromatic rings. The van der Waals surface area contributed by atoms with Gasteiger partial charge in [0.2, 0.25) is 0 Å². The molecule has 2 N–H and O–H groups in total. The van der Waals surface area contributed by atoms with Crippen LogP contribution in [-0.4, -0.2) is 0 Å². The van der Waals surface area contributed by atoms with E-state index in [2.05, 4.69) is 6.08 Å². The summed E-state index contributed by atoms with van der Waals surface area (Å²) in [5, 5.41) is 0. The minimum Gasteiger partial charge on any atom is -0.321 e. The molecule has 0 heterocycles. The van der Waals surface area contributed by atoms with E-state index in [0.717, 1.165) is 30.9 Å². The predicted molar refractivity (Wildman–Crippen MR) is 59.8 cm³/mol. The first-order valence-electron chi connectivity index (χ1n) is 5.57. The molecule has 16 heavy (non-hydrogen) atoms. The molecule has 1 atom stereocenters. The number of allylic oxidation sites excluding steroid dienone is 1. The Kier molecular flexibility index (Phi) is 3.34. The average molecular weight is 223 g/mol. The van der Waals surface area contributed by atoms with E-state index < -0.39 is 11.6 Å². The molecule has 0 radical (unpaired) electrons. The Morgan fingerprint density at radius 1 is 1.06 bits per heavy atom. The summed E-state index contributed by atoms with van der Waals surface area (Å²) < 4.78 is 26.1. The molecule has 0 amide bonds. The van der Waals surface area contributed by atoms with Gasteiger partial charge < -0.3 is 5.73 Å². The summed E-state index contributed by atoms with van der Waals surface area (Å²) >= 11 is 0. The molecule has 1 aliphatic carbocycles. The highest BCUT2D eigenvalue weighted by atomic mass is 19.1. The van der Waals surface area contributed by atoms with Gasteiger partial charge in [-0.2, -0.15) is 0 Å². The highest BCUT2D eigenvalue weighted by molar-refractivity contribution is 5.29. The zero-order chi connectivity index (χ0) is 11.5. The van der Waals surface area contributed by atoms with Gasteiger partial charge in [0.05, 0.1) is 6.04 Å². The monoisotopic (exact) mass is 223 g/mol. The van der Waals surface area contributed by atoms with E-state index >= 15 is 0 Å². The quantitative estimate of drug-likeness (QED) is 0.763. The maximum atomic E-state index is 13.0. The van der Waals surface area contributed by atoms with E-state index in [9.17, 15) is 8.78 Å². The Morgan fingerprint density at radius 2 is 1.75 bits per heavy atom. The van der Waals surface area contributed by atoms with E-state index in [-0.39, 0.29) is 6.04 Å². The van der Waals surface area contributed by atoms with Crippen molar-refractivity contribution in [1.82, 2.24) is 0 Å². The van der Waals surface area contributed by atoms with E-state index in [1.165, 1.54) is 18.6 Å². The zero-order valence-electron chi connectivity index (χ0n) is 9.05. The number of nitrogens with two attached hydrogens (primary N) is 1. The Labute approximate surface area is 94.0 Å². The van der Waals surface area contributed by atoms with Crippen molar-refractivity contribution in [3.8, 4) is 0 Å². The Bertz CT molecular complexity index is 392. The van der Waals surface area contributed by atoms with Crippen molar-refractivity contribution in [2.75, 3.05) is 0 Å². The van der Waals surface area contributed by atoms with Crippen LogP contribution in [0, 0.1) is 11.6 Å². The normalized spacial score (nSPS) is 18.1. The lowest BCUT2D eigenvalue weighted by Crippen LogP contribution is -2.15. The Balaban J connectivity index is 2.25. The number of hydrogen-bond donors (Lipinski definition) is 1. The van der Waals surface area contributed by atoms with Crippen LogP contribution in [0.3, 0.4) is 0 Å². The van der Waals surface area contributed by atoms with Gasteiger partial charge in [0, 0.05) is 6.07 Å². The fraction of sp³-hybridized carbons (Fsp3) is 0.385. The zero-order valence-corrected chi connectivity index (χ0v) is 9.05. The molecule has 1 aromatic carbocycles. The van der Waals surface area contributed by atoms with Crippen molar-refractivity contribution in [2.24, 2.45) is 5.73 Å². The van der Waals surface area contributed by atoms with Crippen molar-refractivity contribution >= 4 is 0 Å². The molecule has 86 valence electrons. The van der Waals surface area contributed by atoms with Crippen LogP contribution >= 0.6 is 0 Å². The van der Waals surface area contributed by atoms with Gasteiger partial charge in [-0.3, -0.25) is 0 Å². The number of rotatable bonds is 2. The van der Waals surface area contributed by atoms with Crippen LogP contribution < -0.4 is 5.73 Å². The Morgan fingerprint density at radius 3 is 2.31 bits per heavy atom. The second-order valence-electron chi connectivity index (χ2n) is 4.21. The number of hydrogen-bond acceptors (Lipinski definition) is 1. The molecule has 3 heteroatoms. The SMILES string of the molecule is NC(C1=CCCCC1)c1cc(F)cc(F)c1. The highest BCUT2D eigenvalue weighted by Crippen LogP contribution is 2.28. The van der Waals surface area contributed by atoms with Crippen LogP contribution in [-0.2, 0) is 0 Å². The fourth-order valence-electron chi connectivity index (χ4n) is 2.11. The first-order valence-corrected chi connectivity index (χ1v) is 5.57. The van der Waals surface area contributed by atoms with Crippen molar-refractivity contribution in [1.29, 1.82) is 0 Å². The molecule has 2 rings (SSSR count). The van der Waals surface area contributed by atoms with Crippen molar-refractivity contribution in [3.05, 3.63) is 47.0 Å². The summed E-state index contributed by atoms with van der Waals surface area (Å²) in [5.74, 6) is -1.14. The summed E-state index contributed by atoms with van der Waals surface area (Å²) in [6.45, 7) is 0. The molecule has 1 aliphatic rings. The molecule has 1 unspecified atom stereocenters. The van der Waals surface area contributed by atoms with Crippen LogP contribution in [0.5, 0.6) is 0 Å². The molecule has 0 saturated carbocycles. The van der Waals surface area contributed by atoms with Gasteiger partial charge in [-0.15, -0.1) is 0 Å². The van der Waals surface area contributed by atoms with Gasteiger partial charge in [0.1, 0.15) is 11.6 Å². The predicted octanol–water partition coefficient (Wildman–Crippen LogP) is 3.47. The average Bonchev–Trinajstić information content (AvgIpc) is 2.28. The second-order valence-corrected chi connectivity index (χ2v) is 4.21. The van der Waals surface area contributed by atoms with Crippen molar-refractivity contribution < 1.29 is 8.78 Å². The molecule has 1 nitrogen and oxygen atoms in total. The van der Waals surface area contributed by atoms with Crippen molar-refractivity contribution in [2.45, 2.75) is 31.7 Å². The van der Waals surface area contributed by atoms with Crippen LogP contribution in [0.1, 0.15) is 37.3 Å². The van der Waals surface area contributed by atoms with E-state index in [1.807, 2.05) is 0 Å². The lowest BCUT2D eigenvalue weighted by Gasteiger charge is -2.20. The molecule has 0 bridgehead atoms. The number of halogens is 2. The highest BCUT2D eigenvalue weighted by Gasteiger charge is 2.15. The summed E-state index contributed by atoms with van der Waals surface area (Å²) in [6, 6.07) is 3.11. The second kappa shape index (κ2) is 4.74. The fourth-order valence-corrected chi connectivity index (χ4v) is 2.11. The minimum atomic E-state index is -0.568. The molecule has 0 aromatic heterocycles. The van der Waals surface area contributed by atoms with Gasteiger partial charge in [-0.05, 0) is 43.4 Å². The molecule has 0 fully saturated rings. The van der Waals surface area contributed by atoms with Crippen LogP contribution in [0.25, 0.3) is 0 Å². The maximum Gasteiger partial charge on any atom is 0.126 e.